The maximum atomic E-state index is 7.77. The van der Waals surface area contributed by atoms with Crippen molar-refractivity contribution in [3.05, 3.63) is 240 Å². The van der Waals surface area contributed by atoms with E-state index in [1.807, 2.05) is 48.4 Å². The minimum absolute atomic E-state index is 0.613. The number of ether oxygens (including phenoxy) is 1. The van der Waals surface area contributed by atoms with Gasteiger partial charge in [0.05, 0.1) is 68.7 Å². The highest BCUT2D eigenvalue weighted by Crippen LogP contribution is 2.62. The molecule has 4 aromatic heterocycles. The van der Waals surface area contributed by atoms with E-state index in [2.05, 4.69) is 189 Å². The van der Waals surface area contributed by atoms with Gasteiger partial charge in [-0.25, -0.2) is 4.85 Å². The predicted octanol–water partition coefficient (Wildman–Crippen LogP) is 15.6. The van der Waals surface area contributed by atoms with Crippen molar-refractivity contribution in [1.29, 1.82) is 0 Å². The number of fused-ring (bicyclic) bond motifs is 17. The average Bonchev–Trinajstić information content (AvgIpc) is 4.01. The maximum Gasteiger partial charge on any atom is 0.188 e. The highest BCUT2D eigenvalue weighted by Gasteiger charge is 2.52. The van der Waals surface area contributed by atoms with Gasteiger partial charge >= 0.3 is 0 Å². The molecule has 12 aromatic rings. The first kappa shape index (κ1) is 37.3. The Balaban J connectivity index is 0.943. The molecule has 0 fully saturated rings. The third-order valence-corrected chi connectivity index (χ3v) is 15.4. The third kappa shape index (κ3) is 4.92. The van der Waals surface area contributed by atoms with Gasteiger partial charge in [-0.15, -0.1) is 0 Å². The largest absolute Gasteiger partial charge is 0.457 e. The van der Waals surface area contributed by atoms with Crippen LogP contribution in [-0.2, 0) is 5.41 Å². The lowest BCUT2D eigenvalue weighted by Gasteiger charge is -2.39. The fourth-order valence-corrected chi connectivity index (χ4v) is 12.6. The van der Waals surface area contributed by atoms with Crippen molar-refractivity contribution >= 4 is 78.1 Å². The smallest absolute Gasteiger partial charge is 0.188 e. The van der Waals surface area contributed by atoms with E-state index >= 15 is 0 Å². The van der Waals surface area contributed by atoms with Gasteiger partial charge in [-0.05, 0) is 102 Å². The summed E-state index contributed by atoms with van der Waals surface area (Å²) >= 11 is 1.82. The van der Waals surface area contributed by atoms with E-state index < -0.39 is 5.41 Å². The Hall–Kier alpha value is -8.90. The standard InChI is InChI=1S/C60H34N6OS/c1-61-36-24-28-50-42(31-36)40-13-2-6-18-49(40)66(50)39-33-47-59(63-35-39)58-46(16-12-30-62-58)60(47)44-15-4-9-21-54(44)67-55-34-38(25-27-45(55)60)64-48-17-5-3-14-41(48)43-32-37(26-29-51(43)64)65-52-19-7-10-22-56(52)68-57-23-11-8-20-53(57)65/h2-35H. The second kappa shape index (κ2) is 13.8. The van der Waals surface area contributed by atoms with Gasteiger partial charge in [-0.1, -0.05) is 109 Å². The summed E-state index contributed by atoms with van der Waals surface area (Å²) in [6.07, 6.45) is 3.83. The molecule has 316 valence electrons. The lowest BCUT2D eigenvalue weighted by molar-refractivity contribution is 0.436. The number of rotatable bonds is 3. The summed E-state index contributed by atoms with van der Waals surface area (Å²) in [5.74, 6) is 1.57. The zero-order chi connectivity index (χ0) is 44.7. The zero-order valence-corrected chi connectivity index (χ0v) is 36.9. The van der Waals surface area contributed by atoms with Crippen molar-refractivity contribution in [3.8, 4) is 34.3 Å². The van der Waals surface area contributed by atoms with Crippen molar-refractivity contribution in [2.75, 3.05) is 4.90 Å². The van der Waals surface area contributed by atoms with Gasteiger partial charge in [0.25, 0.3) is 0 Å². The minimum atomic E-state index is -0.796. The number of pyridine rings is 2. The first-order chi connectivity index (χ1) is 33.7. The molecule has 0 saturated heterocycles. The van der Waals surface area contributed by atoms with E-state index in [1.165, 1.54) is 31.9 Å². The third-order valence-electron chi connectivity index (χ3n) is 14.2. The molecule has 8 heteroatoms. The van der Waals surface area contributed by atoms with Crippen LogP contribution in [0.15, 0.2) is 216 Å². The number of para-hydroxylation sites is 5. The van der Waals surface area contributed by atoms with Crippen molar-refractivity contribution in [2.24, 2.45) is 0 Å². The van der Waals surface area contributed by atoms with Crippen molar-refractivity contribution in [3.63, 3.8) is 0 Å². The molecule has 15 rings (SSSR count). The topological polar surface area (TPSA) is 52.5 Å². The summed E-state index contributed by atoms with van der Waals surface area (Å²) in [5, 5.41) is 4.47. The highest BCUT2D eigenvalue weighted by molar-refractivity contribution is 7.99. The van der Waals surface area contributed by atoms with Crippen LogP contribution in [0.2, 0.25) is 0 Å². The normalized spacial score (nSPS) is 15.1. The molecule has 7 nitrogen and oxygen atoms in total. The molecule has 1 unspecified atom stereocenters. The monoisotopic (exact) mass is 886 g/mol. The second-order valence-electron chi connectivity index (χ2n) is 17.6. The Morgan fingerprint density at radius 3 is 1.84 bits per heavy atom. The van der Waals surface area contributed by atoms with Crippen LogP contribution >= 0.6 is 11.8 Å². The first-order valence-corrected chi connectivity index (χ1v) is 23.5. The number of benzene rings is 8. The van der Waals surface area contributed by atoms with Crippen LogP contribution in [0.25, 0.3) is 71.2 Å². The molecule has 0 saturated carbocycles. The predicted molar refractivity (Wildman–Crippen MR) is 273 cm³/mol. The van der Waals surface area contributed by atoms with Crippen LogP contribution in [0.3, 0.4) is 0 Å². The Morgan fingerprint density at radius 1 is 0.456 bits per heavy atom. The minimum Gasteiger partial charge on any atom is -0.457 e. The van der Waals surface area contributed by atoms with E-state index in [9.17, 15) is 0 Å². The summed E-state index contributed by atoms with van der Waals surface area (Å²) in [6, 6.07) is 69.0. The van der Waals surface area contributed by atoms with Gasteiger partial charge in [0, 0.05) is 66.3 Å². The lowest BCUT2D eigenvalue weighted by atomic mass is 9.66. The molecule has 0 N–H and O–H groups in total. The molecular formula is C60H34N6OS. The van der Waals surface area contributed by atoms with Gasteiger partial charge < -0.3 is 18.8 Å². The Morgan fingerprint density at radius 2 is 1.06 bits per heavy atom. The average molecular weight is 887 g/mol. The van der Waals surface area contributed by atoms with E-state index in [0.29, 0.717) is 5.69 Å². The first-order valence-electron chi connectivity index (χ1n) is 22.7. The molecule has 0 radical (unpaired) electrons. The number of anilines is 3. The molecule has 0 bridgehead atoms. The molecule has 2 aliphatic heterocycles. The molecular weight excluding hydrogens is 853 g/mol. The fourth-order valence-electron chi connectivity index (χ4n) is 11.5. The molecule has 1 atom stereocenters. The Kier molecular flexibility index (Phi) is 7.58. The molecule has 68 heavy (non-hydrogen) atoms. The quantitative estimate of drug-likeness (QED) is 0.165. The Bertz CT molecular complexity index is 4170. The van der Waals surface area contributed by atoms with E-state index in [0.717, 1.165) is 95.0 Å². The van der Waals surface area contributed by atoms with E-state index in [-0.39, 0.29) is 0 Å². The molecule has 8 aromatic carbocycles. The van der Waals surface area contributed by atoms with Gasteiger partial charge in [0.15, 0.2) is 5.69 Å². The van der Waals surface area contributed by atoms with Gasteiger partial charge in [-0.3, -0.25) is 9.97 Å². The van der Waals surface area contributed by atoms with Crippen molar-refractivity contribution in [1.82, 2.24) is 19.1 Å². The van der Waals surface area contributed by atoms with Gasteiger partial charge in [0.1, 0.15) is 11.5 Å². The van der Waals surface area contributed by atoms with Gasteiger partial charge in [0.2, 0.25) is 0 Å². The summed E-state index contributed by atoms with van der Waals surface area (Å²) in [7, 11) is 0. The molecule has 1 aliphatic carbocycles. The van der Waals surface area contributed by atoms with Crippen LogP contribution < -0.4 is 9.64 Å². The number of hydrogen-bond acceptors (Lipinski definition) is 5. The van der Waals surface area contributed by atoms with E-state index in [4.69, 9.17) is 21.3 Å². The fraction of sp³-hybridized carbons (Fsp3) is 0.0167. The van der Waals surface area contributed by atoms with Crippen LogP contribution in [0.5, 0.6) is 11.5 Å². The van der Waals surface area contributed by atoms with Crippen LogP contribution in [0, 0.1) is 6.57 Å². The highest BCUT2D eigenvalue weighted by atomic mass is 32.2. The van der Waals surface area contributed by atoms with Crippen LogP contribution in [-0.4, -0.2) is 19.1 Å². The SMILES string of the molecule is [C-]#[N+]c1ccc2c(c1)c1ccccc1n2-c1cnc2c(c1)C1(c3ccccc3Oc3cc(-n4c5ccccc5c5cc(N6c7ccccc7Sc7ccccc76)ccc54)ccc31)c1cccnc1-2. The maximum absolute atomic E-state index is 7.77. The Labute approximate surface area is 394 Å². The number of nitrogens with zero attached hydrogens (tertiary/aromatic N) is 6. The molecule has 3 aliphatic rings. The lowest BCUT2D eigenvalue weighted by Crippen LogP contribution is -2.32. The summed E-state index contributed by atoms with van der Waals surface area (Å²) < 4.78 is 11.7. The zero-order valence-electron chi connectivity index (χ0n) is 36.1. The number of hydrogen-bond donors (Lipinski definition) is 0. The molecule has 0 amide bonds. The van der Waals surface area contributed by atoms with E-state index in [1.54, 1.807) is 0 Å². The van der Waals surface area contributed by atoms with Crippen molar-refractivity contribution < 1.29 is 4.74 Å². The summed E-state index contributed by atoms with van der Waals surface area (Å²) in [4.78, 5) is 19.0. The summed E-state index contributed by atoms with van der Waals surface area (Å²) in [6.45, 7) is 7.77. The van der Waals surface area contributed by atoms with Crippen LogP contribution in [0.4, 0.5) is 22.7 Å². The second-order valence-corrected chi connectivity index (χ2v) is 18.7. The van der Waals surface area contributed by atoms with Crippen molar-refractivity contribution in [2.45, 2.75) is 15.2 Å². The number of aromatic nitrogens is 4. The summed E-state index contributed by atoms with van der Waals surface area (Å²) in [5.41, 5.74) is 15.4. The molecule has 1 spiro atoms. The van der Waals surface area contributed by atoms with Crippen LogP contribution in [0.1, 0.15) is 22.3 Å². The molecule has 6 heterocycles. The van der Waals surface area contributed by atoms with Gasteiger partial charge in [-0.2, -0.15) is 0 Å².